The van der Waals surface area contributed by atoms with Crippen molar-refractivity contribution in [2.75, 3.05) is 24.5 Å². The summed E-state index contributed by atoms with van der Waals surface area (Å²) >= 11 is 0. The summed E-state index contributed by atoms with van der Waals surface area (Å²) in [6.07, 6.45) is 3.98. The Morgan fingerprint density at radius 3 is 3.00 bits per heavy atom. The summed E-state index contributed by atoms with van der Waals surface area (Å²) in [6.45, 7) is 4.15. The average molecular weight is 196 g/mol. The predicted molar refractivity (Wildman–Crippen MR) is 56.4 cm³/mol. The first-order valence-corrected chi connectivity index (χ1v) is 4.78. The van der Waals surface area contributed by atoms with Crippen molar-refractivity contribution in [1.29, 1.82) is 0 Å². The first kappa shape index (κ1) is 10.7. The van der Waals surface area contributed by atoms with Crippen molar-refractivity contribution >= 4 is 5.82 Å². The topological polar surface area (TPSA) is 75.0 Å². The Balaban J connectivity index is 2.78. The molecule has 1 aromatic heterocycles. The number of hydrogen-bond donors (Lipinski definition) is 2. The fourth-order valence-corrected chi connectivity index (χ4v) is 1.27. The number of nitrogens with one attached hydrogen (secondary N) is 1. The molecule has 0 fully saturated rings. The largest absolute Gasteiger partial charge is 0.352 e. The molecule has 1 rings (SSSR count). The van der Waals surface area contributed by atoms with Crippen LogP contribution < -0.4 is 16.2 Å². The fraction of sp³-hybridized carbons (Fsp3) is 0.556. The molecular weight excluding hydrogens is 180 g/mol. The maximum Gasteiger partial charge on any atom is 0.290 e. The second-order valence-corrected chi connectivity index (χ2v) is 2.96. The molecule has 5 heteroatoms. The number of aromatic amines is 1. The van der Waals surface area contributed by atoms with Gasteiger partial charge in [0, 0.05) is 25.5 Å². The van der Waals surface area contributed by atoms with E-state index in [1.807, 2.05) is 11.8 Å². The zero-order valence-corrected chi connectivity index (χ0v) is 8.36. The Morgan fingerprint density at radius 1 is 1.64 bits per heavy atom. The van der Waals surface area contributed by atoms with Gasteiger partial charge in [0.25, 0.3) is 5.56 Å². The highest BCUT2D eigenvalue weighted by molar-refractivity contribution is 5.34. The smallest absolute Gasteiger partial charge is 0.290 e. The molecule has 0 atom stereocenters. The van der Waals surface area contributed by atoms with Crippen molar-refractivity contribution in [3.05, 3.63) is 22.7 Å². The molecule has 0 unspecified atom stereocenters. The van der Waals surface area contributed by atoms with Gasteiger partial charge in [-0.25, -0.2) is 4.98 Å². The molecule has 0 saturated heterocycles. The van der Waals surface area contributed by atoms with Gasteiger partial charge in [-0.3, -0.25) is 4.79 Å². The quantitative estimate of drug-likeness (QED) is 0.692. The molecule has 0 saturated carbocycles. The van der Waals surface area contributed by atoms with E-state index in [-0.39, 0.29) is 5.56 Å². The van der Waals surface area contributed by atoms with E-state index in [1.54, 1.807) is 6.20 Å². The molecule has 78 valence electrons. The SMILES string of the molecule is CCN(CCCN)c1ncc[nH]c1=O. The summed E-state index contributed by atoms with van der Waals surface area (Å²) in [4.78, 5) is 20.0. The van der Waals surface area contributed by atoms with Crippen molar-refractivity contribution in [2.24, 2.45) is 5.73 Å². The number of H-pyrrole nitrogens is 1. The van der Waals surface area contributed by atoms with Crippen molar-refractivity contribution in [3.63, 3.8) is 0 Å². The van der Waals surface area contributed by atoms with Crippen LogP contribution >= 0.6 is 0 Å². The Hall–Kier alpha value is -1.36. The zero-order valence-electron chi connectivity index (χ0n) is 8.36. The molecule has 1 aromatic rings. The molecule has 0 amide bonds. The van der Waals surface area contributed by atoms with Crippen LogP contribution in [0.15, 0.2) is 17.2 Å². The molecule has 14 heavy (non-hydrogen) atoms. The van der Waals surface area contributed by atoms with E-state index in [0.29, 0.717) is 12.4 Å². The monoisotopic (exact) mass is 196 g/mol. The van der Waals surface area contributed by atoms with Crippen molar-refractivity contribution in [3.8, 4) is 0 Å². The number of nitrogens with zero attached hydrogens (tertiary/aromatic N) is 2. The lowest BCUT2D eigenvalue weighted by Gasteiger charge is -2.19. The lowest BCUT2D eigenvalue weighted by atomic mass is 10.3. The van der Waals surface area contributed by atoms with Crippen LogP contribution in [0.25, 0.3) is 0 Å². The maximum atomic E-state index is 11.4. The summed E-state index contributed by atoms with van der Waals surface area (Å²) in [5.74, 6) is 0.475. The lowest BCUT2D eigenvalue weighted by molar-refractivity contribution is 0.739. The van der Waals surface area contributed by atoms with Gasteiger partial charge in [0.1, 0.15) is 0 Å². The third-order valence-corrected chi connectivity index (χ3v) is 2.00. The van der Waals surface area contributed by atoms with Crippen LogP contribution in [0.1, 0.15) is 13.3 Å². The van der Waals surface area contributed by atoms with E-state index >= 15 is 0 Å². The number of nitrogens with two attached hydrogens (primary N) is 1. The summed E-state index contributed by atoms with van der Waals surface area (Å²) < 4.78 is 0. The molecule has 0 radical (unpaired) electrons. The highest BCUT2D eigenvalue weighted by atomic mass is 16.1. The highest BCUT2D eigenvalue weighted by Gasteiger charge is 2.08. The van der Waals surface area contributed by atoms with Crippen LogP contribution in [-0.4, -0.2) is 29.6 Å². The molecule has 3 N–H and O–H groups in total. The molecule has 0 aliphatic heterocycles. The maximum absolute atomic E-state index is 11.4. The van der Waals surface area contributed by atoms with E-state index in [4.69, 9.17) is 5.73 Å². The van der Waals surface area contributed by atoms with Gasteiger partial charge in [-0.05, 0) is 19.9 Å². The normalized spacial score (nSPS) is 10.1. The first-order chi connectivity index (χ1) is 6.79. The van der Waals surface area contributed by atoms with Gasteiger partial charge >= 0.3 is 0 Å². The van der Waals surface area contributed by atoms with Gasteiger partial charge in [0.15, 0.2) is 5.82 Å². The van der Waals surface area contributed by atoms with E-state index in [9.17, 15) is 4.79 Å². The van der Waals surface area contributed by atoms with Gasteiger partial charge in [0.2, 0.25) is 0 Å². The van der Waals surface area contributed by atoms with Crippen LogP contribution in [-0.2, 0) is 0 Å². The lowest BCUT2D eigenvalue weighted by Crippen LogP contribution is -2.31. The third kappa shape index (κ3) is 2.56. The molecule has 0 aliphatic carbocycles. The Kier molecular flexibility index (Phi) is 4.12. The Morgan fingerprint density at radius 2 is 2.43 bits per heavy atom. The van der Waals surface area contributed by atoms with Gasteiger partial charge in [0.05, 0.1) is 0 Å². The molecule has 0 aromatic carbocycles. The minimum Gasteiger partial charge on any atom is -0.352 e. The second-order valence-electron chi connectivity index (χ2n) is 2.96. The van der Waals surface area contributed by atoms with Crippen LogP contribution in [0.5, 0.6) is 0 Å². The van der Waals surface area contributed by atoms with E-state index in [2.05, 4.69) is 9.97 Å². The van der Waals surface area contributed by atoms with E-state index in [0.717, 1.165) is 19.5 Å². The summed E-state index contributed by atoms with van der Waals surface area (Å²) in [6, 6.07) is 0. The average Bonchev–Trinajstić information content (AvgIpc) is 2.21. The molecule has 0 bridgehead atoms. The summed E-state index contributed by atoms with van der Waals surface area (Å²) in [7, 11) is 0. The zero-order chi connectivity index (χ0) is 10.4. The van der Waals surface area contributed by atoms with Gasteiger partial charge in [-0.15, -0.1) is 0 Å². The van der Waals surface area contributed by atoms with Crippen LogP contribution in [0.4, 0.5) is 5.82 Å². The fourth-order valence-electron chi connectivity index (χ4n) is 1.27. The van der Waals surface area contributed by atoms with Gasteiger partial charge in [-0.2, -0.15) is 0 Å². The number of anilines is 1. The number of rotatable bonds is 5. The van der Waals surface area contributed by atoms with Crippen LogP contribution in [0.2, 0.25) is 0 Å². The standard InChI is InChI=1S/C9H16N4O/c1-2-13(7-3-4-10)8-9(14)12-6-5-11-8/h5-6H,2-4,7,10H2,1H3,(H,12,14). The molecule has 1 heterocycles. The van der Waals surface area contributed by atoms with E-state index < -0.39 is 0 Å². The Bertz CT molecular complexity index is 323. The van der Waals surface area contributed by atoms with Crippen molar-refractivity contribution in [1.82, 2.24) is 9.97 Å². The summed E-state index contributed by atoms with van der Waals surface area (Å²) in [5.41, 5.74) is 5.27. The van der Waals surface area contributed by atoms with E-state index in [1.165, 1.54) is 6.20 Å². The second kappa shape index (κ2) is 5.39. The molecule has 5 nitrogen and oxygen atoms in total. The predicted octanol–water partition coefficient (Wildman–Crippen LogP) is -0.0550. The summed E-state index contributed by atoms with van der Waals surface area (Å²) in [5, 5.41) is 0. The molecule has 0 spiro atoms. The van der Waals surface area contributed by atoms with Crippen molar-refractivity contribution in [2.45, 2.75) is 13.3 Å². The highest BCUT2D eigenvalue weighted by Crippen LogP contribution is 2.01. The minimum atomic E-state index is -0.147. The molecular formula is C9H16N4O. The third-order valence-electron chi connectivity index (χ3n) is 2.00. The Labute approximate surface area is 83.0 Å². The number of aromatic nitrogens is 2. The van der Waals surface area contributed by atoms with Crippen molar-refractivity contribution < 1.29 is 0 Å². The van der Waals surface area contributed by atoms with Gasteiger partial charge in [-0.1, -0.05) is 0 Å². The minimum absolute atomic E-state index is 0.147. The van der Waals surface area contributed by atoms with Gasteiger partial charge < -0.3 is 15.6 Å². The first-order valence-electron chi connectivity index (χ1n) is 4.78. The van der Waals surface area contributed by atoms with Crippen LogP contribution in [0, 0.1) is 0 Å². The van der Waals surface area contributed by atoms with Crippen LogP contribution in [0.3, 0.4) is 0 Å². The number of hydrogen-bond acceptors (Lipinski definition) is 4. The molecule has 0 aliphatic rings.